The number of rotatable bonds is 7. The lowest BCUT2D eigenvalue weighted by atomic mass is 10.0. The van der Waals surface area contributed by atoms with Gasteiger partial charge in [-0.1, -0.05) is 38.1 Å². The van der Waals surface area contributed by atoms with Crippen molar-refractivity contribution in [3.63, 3.8) is 0 Å². The van der Waals surface area contributed by atoms with Gasteiger partial charge in [0.15, 0.2) is 5.13 Å². The van der Waals surface area contributed by atoms with E-state index in [1.165, 1.54) is 16.9 Å². The molecular weight excluding hydrogens is 408 g/mol. The minimum atomic E-state index is -0.825. The normalized spacial score (nSPS) is 10.8. The number of thiazole rings is 1. The van der Waals surface area contributed by atoms with Crippen LogP contribution in [0.4, 0.5) is 16.5 Å². The molecule has 0 fully saturated rings. The Kier molecular flexibility index (Phi) is 6.17. The molecule has 0 saturated carbocycles. The quantitative estimate of drug-likeness (QED) is 0.414. The van der Waals surface area contributed by atoms with Crippen LogP contribution >= 0.6 is 11.3 Å². The van der Waals surface area contributed by atoms with Crippen LogP contribution < -0.4 is 5.32 Å². The number of nitrogens with zero attached hydrogens (tertiary/aromatic N) is 3. The first-order valence-corrected chi connectivity index (χ1v) is 9.91. The van der Waals surface area contributed by atoms with E-state index in [2.05, 4.69) is 24.1 Å². The van der Waals surface area contributed by atoms with Gasteiger partial charge in [-0.3, -0.25) is 30.3 Å². The van der Waals surface area contributed by atoms with E-state index in [9.17, 15) is 25.0 Å². The molecule has 10 heteroatoms. The van der Waals surface area contributed by atoms with Crippen LogP contribution in [-0.2, 0) is 6.42 Å². The van der Waals surface area contributed by atoms with E-state index in [4.69, 9.17) is 0 Å². The van der Waals surface area contributed by atoms with Gasteiger partial charge in [0.25, 0.3) is 17.3 Å². The van der Waals surface area contributed by atoms with Crippen LogP contribution in [-0.4, -0.2) is 20.7 Å². The van der Waals surface area contributed by atoms with Crippen LogP contribution in [0, 0.1) is 26.1 Å². The van der Waals surface area contributed by atoms with Crippen molar-refractivity contribution in [1.29, 1.82) is 0 Å². The van der Waals surface area contributed by atoms with Gasteiger partial charge in [-0.15, -0.1) is 11.3 Å². The first kappa shape index (κ1) is 21.1. The summed E-state index contributed by atoms with van der Waals surface area (Å²) in [5.74, 6) is -0.204. The summed E-state index contributed by atoms with van der Waals surface area (Å²) in [6.07, 6.45) is 0.979. The number of carbonyl (C=O) groups is 1. The lowest BCUT2D eigenvalue weighted by Crippen LogP contribution is -2.14. The second kappa shape index (κ2) is 8.78. The van der Waals surface area contributed by atoms with Gasteiger partial charge in [-0.05, 0) is 24.0 Å². The van der Waals surface area contributed by atoms with Gasteiger partial charge in [0, 0.05) is 17.0 Å². The molecule has 1 amide bonds. The van der Waals surface area contributed by atoms with Gasteiger partial charge in [0.05, 0.1) is 21.6 Å². The molecule has 0 radical (unpaired) electrons. The third-order valence-corrected chi connectivity index (χ3v) is 5.01. The zero-order chi connectivity index (χ0) is 21.8. The van der Waals surface area contributed by atoms with Crippen molar-refractivity contribution < 1.29 is 14.6 Å². The van der Waals surface area contributed by atoms with Crippen molar-refractivity contribution in [1.82, 2.24) is 4.98 Å². The molecule has 0 saturated heterocycles. The summed E-state index contributed by atoms with van der Waals surface area (Å²) in [6, 6.07) is 10.9. The molecule has 2 aromatic carbocycles. The molecule has 0 aliphatic heterocycles. The highest BCUT2D eigenvalue weighted by atomic mass is 32.1. The molecule has 1 aromatic heterocycles. The van der Waals surface area contributed by atoms with E-state index in [0.717, 1.165) is 30.2 Å². The fourth-order valence-corrected chi connectivity index (χ4v) is 3.60. The van der Waals surface area contributed by atoms with Crippen LogP contribution in [0.15, 0.2) is 47.8 Å². The summed E-state index contributed by atoms with van der Waals surface area (Å²) in [5, 5.41) is 26.6. The lowest BCUT2D eigenvalue weighted by molar-refractivity contribution is -0.394. The SMILES string of the molecule is CC(C)Cc1ccc(-c2csc(NC(=O)c3ccc([N+](=O)[O-])cc3[N+](=O)[O-])n2)cc1. The fourth-order valence-electron chi connectivity index (χ4n) is 2.89. The van der Waals surface area contributed by atoms with E-state index in [1.54, 1.807) is 5.38 Å². The smallest absolute Gasteiger partial charge is 0.289 e. The Bertz CT molecular complexity index is 1110. The van der Waals surface area contributed by atoms with Crippen molar-refractivity contribution in [3.8, 4) is 11.3 Å². The maximum absolute atomic E-state index is 12.5. The summed E-state index contributed by atoms with van der Waals surface area (Å²) in [7, 11) is 0. The fraction of sp³-hybridized carbons (Fsp3) is 0.200. The number of amides is 1. The standard InChI is InChI=1S/C20H18N4O5S/c1-12(2)9-13-3-5-14(6-4-13)17-11-30-20(21-17)22-19(25)16-8-7-15(23(26)27)10-18(16)24(28)29/h3-8,10-12H,9H2,1-2H3,(H,21,22,25). The van der Waals surface area contributed by atoms with Crippen LogP contribution in [0.3, 0.4) is 0 Å². The van der Waals surface area contributed by atoms with Crippen LogP contribution in [0.1, 0.15) is 29.8 Å². The Labute approximate surface area is 175 Å². The summed E-state index contributed by atoms with van der Waals surface area (Å²) in [4.78, 5) is 37.3. The van der Waals surface area contributed by atoms with Crippen molar-refractivity contribution >= 4 is 33.8 Å². The molecular formula is C20H18N4O5S. The molecule has 0 atom stereocenters. The van der Waals surface area contributed by atoms with Crippen molar-refractivity contribution in [2.75, 3.05) is 5.32 Å². The molecule has 1 N–H and O–H groups in total. The third-order valence-electron chi connectivity index (χ3n) is 4.25. The second-order valence-corrected chi connectivity index (χ2v) is 7.86. The number of carbonyl (C=O) groups excluding carboxylic acids is 1. The third kappa shape index (κ3) is 4.84. The molecule has 0 spiro atoms. The molecule has 30 heavy (non-hydrogen) atoms. The van der Waals surface area contributed by atoms with E-state index in [1.807, 2.05) is 24.3 Å². The molecule has 3 rings (SSSR count). The molecule has 0 aliphatic rings. The predicted octanol–water partition coefficient (Wildman–Crippen LogP) is 5.08. The van der Waals surface area contributed by atoms with E-state index < -0.39 is 27.1 Å². The molecule has 0 aliphatic carbocycles. The van der Waals surface area contributed by atoms with Gasteiger partial charge < -0.3 is 0 Å². The Morgan fingerprint density at radius 2 is 1.80 bits per heavy atom. The molecule has 1 heterocycles. The first-order valence-electron chi connectivity index (χ1n) is 9.03. The van der Waals surface area contributed by atoms with E-state index in [-0.39, 0.29) is 10.7 Å². The number of nitro benzene ring substituents is 2. The topological polar surface area (TPSA) is 128 Å². The summed E-state index contributed by atoms with van der Waals surface area (Å²) in [6.45, 7) is 4.30. The Morgan fingerprint density at radius 1 is 1.10 bits per heavy atom. The van der Waals surface area contributed by atoms with Crippen LogP contribution in [0.2, 0.25) is 0 Å². The minimum Gasteiger partial charge on any atom is -0.298 e. The van der Waals surface area contributed by atoms with Crippen molar-refractivity contribution in [2.24, 2.45) is 5.92 Å². The molecule has 154 valence electrons. The second-order valence-electron chi connectivity index (χ2n) is 7.00. The Balaban J connectivity index is 1.78. The monoisotopic (exact) mass is 426 g/mol. The van der Waals surface area contributed by atoms with Gasteiger partial charge in [-0.2, -0.15) is 0 Å². The predicted molar refractivity (Wildman–Crippen MR) is 114 cm³/mol. The Hall–Kier alpha value is -3.66. The number of non-ortho nitro benzene ring substituents is 1. The summed E-state index contributed by atoms with van der Waals surface area (Å²) in [5.41, 5.74) is 1.41. The van der Waals surface area contributed by atoms with E-state index >= 15 is 0 Å². The summed E-state index contributed by atoms with van der Waals surface area (Å²) < 4.78 is 0. The number of nitro groups is 2. The Morgan fingerprint density at radius 3 is 2.40 bits per heavy atom. The minimum absolute atomic E-state index is 0.272. The van der Waals surface area contributed by atoms with Gasteiger partial charge in [0.1, 0.15) is 5.56 Å². The number of hydrogen-bond donors (Lipinski definition) is 1. The molecule has 0 unspecified atom stereocenters. The number of benzene rings is 2. The first-order chi connectivity index (χ1) is 14.2. The van der Waals surface area contributed by atoms with Gasteiger partial charge >= 0.3 is 0 Å². The van der Waals surface area contributed by atoms with Crippen molar-refractivity contribution in [3.05, 3.63) is 79.2 Å². The average Bonchev–Trinajstić information content (AvgIpc) is 3.15. The highest BCUT2D eigenvalue weighted by Gasteiger charge is 2.24. The van der Waals surface area contributed by atoms with Crippen LogP contribution in [0.5, 0.6) is 0 Å². The highest BCUT2D eigenvalue weighted by molar-refractivity contribution is 7.14. The van der Waals surface area contributed by atoms with E-state index in [0.29, 0.717) is 11.6 Å². The van der Waals surface area contributed by atoms with Gasteiger partial charge in [0.2, 0.25) is 0 Å². The maximum atomic E-state index is 12.5. The van der Waals surface area contributed by atoms with Gasteiger partial charge in [-0.25, -0.2) is 4.98 Å². The molecule has 9 nitrogen and oxygen atoms in total. The summed E-state index contributed by atoms with van der Waals surface area (Å²) >= 11 is 1.18. The van der Waals surface area contributed by atoms with Crippen molar-refractivity contribution in [2.45, 2.75) is 20.3 Å². The lowest BCUT2D eigenvalue weighted by Gasteiger charge is -2.05. The number of aromatic nitrogens is 1. The average molecular weight is 426 g/mol. The molecule has 3 aromatic rings. The number of anilines is 1. The maximum Gasteiger partial charge on any atom is 0.289 e. The zero-order valence-electron chi connectivity index (χ0n) is 16.2. The number of nitrogens with one attached hydrogen (secondary N) is 1. The number of hydrogen-bond acceptors (Lipinski definition) is 7. The largest absolute Gasteiger partial charge is 0.298 e. The molecule has 0 bridgehead atoms. The van der Waals surface area contributed by atoms with Crippen LogP contribution in [0.25, 0.3) is 11.3 Å². The highest BCUT2D eigenvalue weighted by Crippen LogP contribution is 2.28. The zero-order valence-corrected chi connectivity index (χ0v) is 17.0.